The third kappa shape index (κ3) is 11.1. The summed E-state index contributed by atoms with van der Waals surface area (Å²) in [6.45, 7) is 11.0. The zero-order valence-corrected chi connectivity index (χ0v) is 45.3. The largest absolute Gasteiger partial charge is 0.426 e. The molecular weight excluding hydrogens is 949 g/mol. The molecule has 11 rings (SSSR count). The molecule has 0 radical (unpaired) electrons. The van der Waals surface area contributed by atoms with Crippen molar-refractivity contribution in [3.05, 3.63) is 282 Å². The first-order valence-corrected chi connectivity index (χ1v) is 27.5. The van der Waals surface area contributed by atoms with Crippen LogP contribution in [0.2, 0.25) is 0 Å². The average molecular weight is 1020 g/mol. The normalized spacial score (nSPS) is 12.7. The number of hydrogen-bond acceptors (Lipinski definition) is 3. The lowest BCUT2D eigenvalue weighted by atomic mass is 9.81. The minimum absolute atomic E-state index is 0.126. The number of carbonyl (C=O) groups is 1. The van der Waals surface area contributed by atoms with Crippen molar-refractivity contribution < 1.29 is 9.53 Å². The van der Waals surface area contributed by atoms with Gasteiger partial charge in [-0.25, -0.2) is 0 Å². The van der Waals surface area contributed by atoms with Gasteiger partial charge in [0.15, 0.2) is 0 Å². The number of aromatic nitrogens is 1. The first kappa shape index (κ1) is 51.1. The molecule has 11 aromatic rings. The lowest BCUT2D eigenvalue weighted by molar-refractivity contribution is -0.139. The number of rotatable bonds is 17. The lowest BCUT2D eigenvalue weighted by Crippen LogP contribution is -2.24. The molecule has 0 aliphatic heterocycles. The number of ether oxygens (including phenoxy) is 1. The predicted octanol–water partition coefficient (Wildman–Crippen LogP) is 20.0. The highest BCUT2D eigenvalue weighted by atomic mass is 16.5. The van der Waals surface area contributed by atoms with Gasteiger partial charge in [0.1, 0.15) is 5.75 Å². The molecule has 1 aromatic heterocycles. The second kappa shape index (κ2) is 23.1. The maximum atomic E-state index is 14.5. The van der Waals surface area contributed by atoms with E-state index in [1.807, 2.05) is 30.3 Å². The van der Waals surface area contributed by atoms with Crippen LogP contribution >= 0.6 is 0 Å². The number of esters is 1. The Morgan fingerprint density at radius 3 is 1.58 bits per heavy atom. The van der Waals surface area contributed by atoms with E-state index in [9.17, 15) is 4.79 Å². The van der Waals surface area contributed by atoms with Crippen LogP contribution in [0.25, 0.3) is 61.9 Å². The Hall–Kier alpha value is -8.99. The number of fused-ring (bicyclic) bond motifs is 3. The van der Waals surface area contributed by atoms with E-state index in [0.29, 0.717) is 18.6 Å². The molecule has 0 spiro atoms. The van der Waals surface area contributed by atoms with Crippen LogP contribution in [-0.2, 0) is 4.79 Å². The molecule has 4 heteroatoms. The highest BCUT2D eigenvalue weighted by Gasteiger charge is 2.28. The van der Waals surface area contributed by atoms with Crippen molar-refractivity contribution >= 4 is 57.0 Å². The van der Waals surface area contributed by atoms with Crippen molar-refractivity contribution in [3.8, 4) is 33.7 Å². The number of aryl methyl sites for hydroxylation is 3. The van der Waals surface area contributed by atoms with Gasteiger partial charge in [-0.3, -0.25) is 4.79 Å². The SMILES string of the molecule is CCC(CC(CC(C)c1ccc(-c2ccc(-n3c4ccccc4c4ccccc43)cc2C)c(C)c1)C(=O)Oc1ccc(/C=C/c2ccc(N(c3ccc(C)cc3)c3ccc(-c4ccccc4)cc3)cc2)cc1)c1ccccc1. The number of benzene rings is 10. The Balaban J connectivity index is 0.779. The molecule has 0 amide bonds. The second-order valence-electron chi connectivity index (χ2n) is 21.0. The monoisotopic (exact) mass is 1010 g/mol. The highest BCUT2D eigenvalue weighted by Crippen LogP contribution is 2.39. The smallest absolute Gasteiger partial charge is 0.314 e. The van der Waals surface area contributed by atoms with Gasteiger partial charge in [0.05, 0.1) is 17.0 Å². The van der Waals surface area contributed by atoms with Crippen molar-refractivity contribution in [2.24, 2.45) is 5.92 Å². The third-order valence-corrected chi connectivity index (χ3v) is 15.7. The molecule has 1 heterocycles. The molecule has 0 bridgehead atoms. The molecule has 0 fully saturated rings. The molecule has 384 valence electrons. The third-order valence-electron chi connectivity index (χ3n) is 15.7. The van der Waals surface area contributed by atoms with E-state index in [1.165, 1.54) is 71.9 Å². The molecule has 78 heavy (non-hydrogen) atoms. The molecule has 3 unspecified atom stereocenters. The fraction of sp³-hybridized carbons (Fsp3) is 0.149. The second-order valence-corrected chi connectivity index (χ2v) is 21.0. The molecule has 0 aliphatic rings. The highest BCUT2D eigenvalue weighted by molar-refractivity contribution is 6.09. The maximum absolute atomic E-state index is 14.5. The zero-order valence-electron chi connectivity index (χ0n) is 45.3. The summed E-state index contributed by atoms with van der Waals surface area (Å²) in [7, 11) is 0. The van der Waals surface area contributed by atoms with E-state index in [-0.39, 0.29) is 23.7 Å². The summed E-state index contributed by atoms with van der Waals surface area (Å²) in [6, 6.07) is 86.1. The van der Waals surface area contributed by atoms with Gasteiger partial charge in [0, 0.05) is 33.5 Å². The van der Waals surface area contributed by atoms with Crippen LogP contribution in [0.1, 0.15) is 83.9 Å². The van der Waals surface area contributed by atoms with Gasteiger partial charge in [-0.05, 0) is 180 Å². The summed E-state index contributed by atoms with van der Waals surface area (Å²) in [5, 5.41) is 2.52. The zero-order chi connectivity index (χ0) is 53.5. The van der Waals surface area contributed by atoms with Crippen LogP contribution in [0, 0.1) is 26.7 Å². The summed E-state index contributed by atoms with van der Waals surface area (Å²) in [6.07, 6.45) is 6.55. The maximum Gasteiger partial charge on any atom is 0.314 e. The number of nitrogens with zero attached hydrogens (tertiary/aromatic N) is 2. The minimum Gasteiger partial charge on any atom is -0.426 e. The van der Waals surface area contributed by atoms with Gasteiger partial charge in [0.2, 0.25) is 0 Å². The van der Waals surface area contributed by atoms with Crippen molar-refractivity contribution in [1.29, 1.82) is 0 Å². The van der Waals surface area contributed by atoms with E-state index < -0.39 is 0 Å². The number of hydrogen-bond donors (Lipinski definition) is 0. The molecule has 3 atom stereocenters. The van der Waals surface area contributed by atoms with Crippen LogP contribution in [0.15, 0.2) is 243 Å². The fourth-order valence-electron chi connectivity index (χ4n) is 11.4. The van der Waals surface area contributed by atoms with Gasteiger partial charge in [-0.2, -0.15) is 0 Å². The molecule has 0 aliphatic carbocycles. The van der Waals surface area contributed by atoms with Crippen LogP contribution < -0.4 is 9.64 Å². The molecule has 4 nitrogen and oxygen atoms in total. The summed E-state index contributed by atoms with van der Waals surface area (Å²) in [5.74, 6) is 0.422. The Kier molecular flexibility index (Phi) is 15.1. The number of carbonyl (C=O) groups excluding carboxylic acids is 1. The quantitative estimate of drug-likeness (QED) is 0.0518. The van der Waals surface area contributed by atoms with Crippen LogP contribution in [0.4, 0.5) is 17.1 Å². The van der Waals surface area contributed by atoms with Crippen molar-refractivity contribution in [2.45, 2.75) is 65.7 Å². The standard InChI is InChI=1S/C74H66N2O2/c1-6-57(58-17-9-7-10-18-58)50-62(47-52(3)61-35-45-68(53(4)48-61)69-46-42-66(49-54(69)5)76-72-23-15-13-21-70(72)71-22-14-16-24-73(71)76)74(77)78-67-43-31-56(32-44-67)28-27-55-29-38-64(39-30-55)75(63-36-25-51(2)26-37-63)65-40-33-60(34-41-65)59-19-11-8-12-20-59/h7-46,48-49,52,57,62H,6,47,50H2,1-5H3/b28-27+. The number of para-hydroxylation sites is 2. The van der Waals surface area contributed by atoms with Gasteiger partial charge >= 0.3 is 5.97 Å². The van der Waals surface area contributed by atoms with Crippen molar-refractivity contribution in [3.63, 3.8) is 0 Å². The van der Waals surface area contributed by atoms with Crippen LogP contribution in [0.3, 0.4) is 0 Å². The predicted molar refractivity (Wildman–Crippen MR) is 329 cm³/mol. The Morgan fingerprint density at radius 2 is 1.00 bits per heavy atom. The van der Waals surface area contributed by atoms with Gasteiger partial charge in [-0.1, -0.05) is 201 Å². The lowest BCUT2D eigenvalue weighted by Gasteiger charge is -2.26. The van der Waals surface area contributed by atoms with Gasteiger partial charge in [-0.15, -0.1) is 0 Å². The summed E-state index contributed by atoms with van der Waals surface area (Å²) >= 11 is 0. The molecule has 0 saturated heterocycles. The minimum atomic E-state index is -0.307. The van der Waals surface area contributed by atoms with Gasteiger partial charge < -0.3 is 14.2 Å². The van der Waals surface area contributed by atoms with Crippen LogP contribution in [0.5, 0.6) is 5.75 Å². The Morgan fingerprint density at radius 1 is 0.500 bits per heavy atom. The molecule has 0 N–H and O–H groups in total. The molecule has 10 aromatic carbocycles. The first-order chi connectivity index (χ1) is 38.2. The topological polar surface area (TPSA) is 34.5 Å². The van der Waals surface area contributed by atoms with Crippen molar-refractivity contribution in [1.82, 2.24) is 4.57 Å². The number of anilines is 3. The molecular formula is C74H66N2O2. The first-order valence-electron chi connectivity index (χ1n) is 27.5. The average Bonchev–Trinajstić information content (AvgIpc) is 3.96. The van der Waals surface area contributed by atoms with E-state index in [1.54, 1.807) is 0 Å². The van der Waals surface area contributed by atoms with E-state index in [2.05, 4.69) is 269 Å². The summed E-state index contributed by atoms with van der Waals surface area (Å²) in [4.78, 5) is 16.8. The van der Waals surface area contributed by atoms with E-state index in [0.717, 1.165) is 40.3 Å². The van der Waals surface area contributed by atoms with Crippen molar-refractivity contribution in [2.75, 3.05) is 4.90 Å². The van der Waals surface area contributed by atoms with Gasteiger partial charge in [0.25, 0.3) is 0 Å². The summed E-state index contributed by atoms with van der Waals surface area (Å²) in [5.41, 5.74) is 19.9. The Labute approximate surface area is 460 Å². The van der Waals surface area contributed by atoms with Crippen LogP contribution in [-0.4, -0.2) is 10.5 Å². The van der Waals surface area contributed by atoms with E-state index >= 15 is 0 Å². The van der Waals surface area contributed by atoms with E-state index in [4.69, 9.17) is 4.74 Å². The molecule has 0 saturated carbocycles. The Bertz CT molecular complexity index is 3800. The fourth-order valence-corrected chi connectivity index (χ4v) is 11.4. The summed E-state index contributed by atoms with van der Waals surface area (Å²) < 4.78 is 8.66.